The van der Waals surface area contributed by atoms with Gasteiger partial charge in [0, 0.05) is 30.6 Å². The van der Waals surface area contributed by atoms with Gasteiger partial charge in [-0.05, 0) is 31.4 Å². The molecule has 128 valence electrons. The van der Waals surface area contributed by atoms with E-state index < -0.39 is 0 Å². The van der Waals surface area contributed by atoms with Gasteiger partial charge >= 0.3 is 0 Å². The van der Waals surface area contributed by atoms with Gasteiger partial charge in [0.25, 0.3) is 11.8 Å². The summed E-state index contributed by atoms with van der Waals surface area (Å²) in [4.78, 5) is 44.0. The predicted octanol–water partition coefficient (Wildman–Crippen LogP) is 1.78. The number of aryl methyl sites for hydroxylation is 1. The molecule has 0 unspecified atom stereocenters. The first kappa shape index (κ1) is 15.6. The molecule has 0 atom stereocenters. The summed E-state index contributed by atoms with van der Waals surface area (Å²) in [5, 5.41) is 5.53. The van der Waals surface area contributed by atoms with Gasteiger partial charge in [-0.1, -0.05) is 0 Å². The molecule has 3 N–H and O–H groups in total. The molecular formula is C18H18N4O3. The molecular weight excluding hydrogens is 320 g/mol. The van der Waals surface area contributed by atoms with Crippen molar-refractivity contribution >= 4 is 23.3 Å². The molecule has 0 saturated carbocycles. The van der Waals surface area contributed by atoms with Crippen LogP contribution >= 0.6 is 0 Å². The van der Waals surface area contributed by atoms with Crippen LogP contribution in [-0.4, -0.2) is 34.1 Å². The van der Waals surface area contributed by atoms with Gasteiger partial charge in [0.2, 0.25) is 0 Å². The topological polar surface area (TPSA) is 104 Å². The lowest BCUT2D eigenvalue weighted by Gasteiger charge is -2.16. The maximum atomic E-state index is 12.6. The van der Waals surface area contributed by atoms with Crippen molar-refractivity contribution < 1.29 is 14.4 Å². The van der Waals surface area contributed by atoms with E-state index in [9.17, 15) is 14.4 Å². The monoisotopic (exact) mass is 338 g/mol. The minimum absolute atomic E-state index is 0.0844. The Kier molecular flexibility index (Phi) is 3.63. The smallest absolute Gasteiger partial charge is 0.272 e. The zero-order chi connectivity index (χ0) is 17.6. The summed E-state index contributed by atoms with van der Waals surface area (Å²) in [6, 6.07) is 1.64. The first-order chi connectivity index (χ1) is 12.0. The first-order valence-corrected chi connectivity index (χ1v) is 8.37. The van der Waals surface area contributed by atoms with Crippen molar-refractivity contribution in [2.45, 2.75) is 32.6 Å². The molecule has 25 heavy (non-hydrogen) atoms. The molecule has 0 bridgehead atoms. The van der Waals surface area contributed by atoms with Crippen LogP contribution in [0.4, 0.5) is 5.69 Å². The van der Waals surface area contributed by atoms with Crippen LogP contribution in [0.1, 0.15) is 61.0 Å². The second-order valence-electron chi connectivity index (χ2n) is 6.43. The second kappa shape index (κ2) is 5.84. The third-order valence-electron chi connectivity index (χ3n) is 4.78. The summed E-state index contributed by atoms with van der Waals surface area (Å²) < 4.78 is 0. The van der Waals surface area contributed by atoms with E-state index in [1.54, 1.807) is 19.2 Å². The van der Waals surface area contributed by atoms with Crippen LogP contribution in [0.3, 0.4) is 0 Å². The highest BCUT2D eigenvalue weighted by Crippen LogP contribution is 2.27. The average molecular weight is 338 g/mol. The third-order valence-corrected chi connectivity index (χ3v) is 4.78. The molecule has 7 nitrogen and oxygen atoms in total. The first-order valence-electron chi connectivity index (χ1n) is 8.37. The SMILES string of the molecule is Cc1c(C(=O)Nc2cnc3c(c2)C(=O)NCC3)[nH]c2c1C(=O)CCC2. The lowest BCUT2D eigenvalue weighted by atomic mass is 9.94. The van der Waals surface area contributed by atoms with Gasteiger partial charge in [-0.2, -0.15) is 0 Å². The van der Waals surface area contributed by atoms with E-state index in [1.807, 2.05) is 0 Å². The summed E-state index contributed by atoms with van der Waals surface area (Å²) in [7, 11) is 0. The quantitative estimate of drug-likeness (QED) is 0.776. The number of H-pyrrole nitrogens is 1. The predicted molar refractivity (Wildman–Crippen MR) is 91.0 cm³/mol. The Morgan fingerprint density at radius 3 is 2.88 bits per heavy atom. The number of anilines is 1. The number of fused-ring (bicyclic) bond motifs is 2. The van der Waals surface area contributed by atoms with Crippen LogP contribution < -0.4 is 10.6 Å². The largest absolute Gasteiger partial charge is 0.354 e. The van der Waals surface area contributed by atoms with Gasteiger partial charge in [-0.25, -0.2) is 0 Å². The number of rotatable bonds is 2. The fourth-order valence-corrected chi connectivity index (χ4v) is 3.54. The van der Waals surface area contributed by atoms with Crippen LogP contribution in [0.15, 0.2) is 12.3 Å². The minimum atomic E-state index is -0.335. The van der Waals surface area contributed by atoms with Crippen molar-refractivity contribution in [2.75, 3.05) is 11.9 Å². The van der Waals surface area contributed by atoms with Crippen molar-refractivity contribution in [3.05, 3.63) is 46.0 Å². The van der Waals surface area contributed by atoms with E-state index in [0.717, 1.165) is 24.2 Å². The lowest BCUT2D eigenvalue weighted by molar-refractivity contribution is 0.0941. The number of aromatic nitrogens is 2. The summed E-state index contributed by atoms with van der Waals surface area (Å²) in [6.45, 7) is 2.36. The molecule has 2 aliphatic rings. The van der Waals surface area contributed by atoms with Crippen molar-refractivity contribution in [3.8, 4) is 0 Å². The maximum absolute atomic E-state index is 12.6. The number of carbonyl (C=O) groups is 3. The van der Waals surface area contributed by atoms with Crippen molar-refractivity contribution in [3.63, 3.8) is 0 Å². The van der Waals surface area contributed by atoms with E-state index in [1.165, 1.54) is 0 Å². The molecule has 7 heteroatoms. The second-order valence-corrected chi connectivity index (χ2v) is 6.43. The molecule has 0 saturated heterocycles. The number of ketones is 1. The maximum Gasteiger partial charge on any atom is 0.272 e. The molecule has 1 aliphatic carbocycles. The van der Waals surface area contributed by atoms with Crippen LogP contribution in [0, 0.1) is 6.92 Å². The highest BCUT2D eigenvalue weighted by molar-refractivity contribution is 6.08. The van der Waals surface area contributed by atoms with Crippen LogP contribution in [-0.2, 0) is 12.8 Å². The lowest BCUT2D eigenvalue weighted by Crippen LogP contribution is -2.32. The standard InChI is InChI=1S/C18H18N4O3/c1-9-15-13(3-2-4-14(15)23)22-16(9)18(25)21-10-7-11-12(20-8-10)5-6-19-17(11)24/h7-8,22H,2-6H2,1H3,(H,19,24)(H,21,25). The molecule has 2 amide bonds. The van der Waals surface area contributed by atoms with Crippen LogP contribution in [0.2, 0.25) is 0 Å². The molecule has 4 rings (SSSR count). The Morgan fingerprint density at radius 1 is 1.24 bits per heavy atom. The average Bonchev–Trinajstić information content (AvgIpc) is 2.94. The Morgan fingerprint density at radius 2 is 2.08 bits per heavy atom. The Balaban J connectivity index is 1.62. The number of nitrogens with one attached hydrogen (secondary N) is 3. The van der Waals surface area contributed by atoms with E-state index in [2.05, 4.69) is 20.6 Å². The fraction of sp³-hybridized carbons (Fsp3) is 0.333. The number of hydrogen-bond donors (Lipinski definition) is 3. The number of amides is 2. The number of nitrogens with zero attached hydrogens (tertiary/aromatic N) is 1. The highest BCUT2D eigenvalue weighted by atomic mass is 16.2. The van der Waals surface area contributed by atoms with Crippen molar-refractivity contribution in [1.29, 1.82) is 0 Å². The Hall–Kier alpha value is -2.96. The minimum Gasteiger partial charge on any atom is -0.354 e. The number of aromatic amines is 1. The molecule has 0 fully saturated rings. The molecule has 0 aromatic carbocycles. The van der Waals surface area contributed by atoms with Gasteiger partial charge in [0.1, 0.15) is 5.69 Å². The third kappa shape index (κ3) is 2.61. The number of hydrogen-bond acceptors (Lipinski definition) is 4. The Bertz CT molecular complexity index is 913. The normalized spacial score (nSPS) is 16.0. The van der Waals surface area contributed by atoms with Gasteiger partial charge < -0.3 is 15.6 Å². The molecule has 0 spiro atoms. The molecule has 2 aromatic heterocycles. The van der Waals surface area contributed by atoms with Crippen molar-refractivity contribution in [2.24, 2.45) is 0 Å². The van der Waals surface area contributed by atoms with Crippen LogP contribution in [0.5, 0.6) is 0 Å². The number of pyridine rings is 1. The highest BCUT2D eigenvalue weighted by Gasteiger charge is 2.26. The number of Topliss-reactive ketones (excluding diaryl/α,β-unsaturated/α-hetero) is 1. The summed E-state index contributed by atoms with van der Waals surface area (Å²) in [6.07, 6.45) is 4.33. The van der Waals surface area contributed by atoms with E-state index in [-0.39, 0.29) is 17.6 Å². The van der Waals surface area contributed by atoms with E-state index >= 15 is 0 Å². The van der Waals surface area contributed by atoms with Crippen LogP contribution in [0.25, 0.3) is 0 Å². The van der Waals surface area contributed by atoms with Gasteiger partial charge in [-0.3, -0.25) is 19.4 Å². The van der Waals surface area contributed by atoms with Crippen molar-refractivity contribution in [1.82, 2.24) is 15.3 Å². The summed E-state index contributed by atoms with van der Waals surface area (Å²) in [5.41, 5.74) is 4.24. The zero-order valence-electron chi connectivity index (χ0n) is 13.9. The van der Waals surface area contributed by atoms with Gasteiger partial charge in [0.15, 0.2) is 5.78 Å². The molecule has 1 aliphatic heterocycles. The molecule has 2 aromatic rings. The van der Waals surface area contributed by atoms with Gasteiger partial charge in [0.05, 0.1) is 23.1 Å². The molecule has 3 heterocycles. The zero-order valence-corrected chi connectivity index (χ0v) is 13.9. The fourth-order valence-electron chi connectivity index (χ4n) is 3.54. The van der Waals surface area contributed by atoms with E-state index in [4.69, 9.17) is 0 Å². The number of carbonyl (C=O) groups excluding carboxylic acids is 3. The van der Waals surface area contributed by atoms with Gasteiger partial charge in [-0.15, -0.1) is 0 Å². The summed E-state index contributed by atoms with van der Waals surface area (Å²) >= 11 is 0. The van der Waals surface area contributed by atoms with E-state index in [0.29, 0.717) is 47.5 Å². The summed E-state index contributed by atoms with van der Waals surface area (Å²) in [5.74, 6) is -0.430. The molecule has 0 radical (unpaired) electrons. The Labute approximate surface area is 144 Å².